The summed E-state index contributed by atoms with van der Waals surface area (Å²) in [5.41, 5.74) is 4.49. The van der Waals surface area contributed by atoms with Gasteiger partial charge in [-0.2, -0.15) is 0 Å². The maximum atomic E-state index is 11.4. The molecule has 0 saturated heterocycles. The van der Waals surface area contributed by atoms with Gasteiger partial charge in [-0.05, 0) is 48.9 Å². The molecule has 0 heterocycles. The van der Waals surface area contributed by atoms with Crippen LogP contribution in [0.15, 0.2) is 17.6 Å². The molecule has 20 heavy (non-hydrogen) atoms. The van der Waals surface area contributed by atoms with Gasteiger partial charge in [0.05, 0.1) is 13.5 Å². The molecule has 0 aromatic carbocycles. The molecule has 0 aromatic rings. The molecule has 0 N–H and O–H groups in total. The first-order valence-electron chi connectivity index (χ1n) is 7.36. The molecule has 1 rings (SSSR count). The van der Waals surface area contributed by atoms with Crippen LogP contribution >= 0.6 is 0 Å². The van der Waals surface area contributed by atoms with E-state index >= 15 is 0 Å². The van der Waals surface area contributed by atoms with Crippen molar-refractivity contribution in [3.8, 4) is 0 Å². The first kappa shape index (κ1) is 17.1. The van der Waals surface area contributed by atoms with E-state index in [-0.39, 0.29) is 16.9 Å². The molecule has 1 unspecified atom stereocenters. The normalized spacial score (nSPS) is 19.5. The van der Waals surface area contributed by atoms with E-state index in [1.165, 1.54) is 12.7 Å². The van der Waals surface area contributed by atoms with E-state index in [4.69, 9.17) is 9.16 Å². The third-order valence-electron chi connectivity index (χ3n) is 4.54. The monoisotopic (exact) mass is 296 g/mol. The Kier molecular flexibility index (Phi) is 5.66. The molecule has 0 radical (unpaired) electrons. The number of rotatable bonds is 4. The number of methoxy groups -OCH3 is 1. The summed E-state index contributed by atoms with van der Waals surface area (Å²) in [6.45, 7) is 11.1. The Morgan fingerprint density at radius 3 is 2.65 bits per heavy atom. The molecule has 1 fully saturated rings. The maximum Gasteiger partial charge on any atom is 0.306 e. The second-order valence-corrected chi connectivity index (χ2v) is 11.8. The van der Waals surface area contributed by atoms with Crippen LogP contribution in [0, 0.1) is 5.92 Å². The molecule has 1 atom stereocenters. The van der Waals surface area contributed by atoms with E-state index in [9.17, 15) is 4.79 Å². The average Bonchev–Trinajstić information content (AvgIpc) is 2.75. The summed E-state index contributed by atoms with van der Waals surface area (Å²) in [5.74, 6) is 0.142. The van der Waals surface area contributed by atoms with Crippen LogP contribution in [-0.2, 0) is 14.0 Å². The van der Waals surface area contributed by atoms with Crippen molar-refractivity contribution in [1.29, 1.82) is 0 Å². The molecule has 1 aliphatic carbocycles. The Morgan fingerprint density at radius 2 is 2.10 bits per heavy atom. The van der Waals surface area contributed by atoms with Crippen molar-refractivity contribution in [2.45, 2.75) is 64.6 Å². The first-order chi connectivity index (χ1) is 9.17. The summed E-state index contributed by atoms with van der Waals surface area (Å²) in [5, 5.41) is 0.191. The van der Waals surface area contributed by atoms with Crippen molar-refractivity contribution in [3.05, 3.63) is 17.6 Å². The van der Waals surface area contributed by atoms with Gasteiger partial charge in [0.25, 0.3) is 8.32 Å². The number of carbonyl (C=O) groups is 1. The Balaban J connectivity index is 2.72. The van der Waals surface area contributed by atoms with Gasteiger partial charge in [0.1, 0.15) is 6.26 Å². The van der Waals surface area contributed by atoms with Crippen molar-refractivity contribution >= 4 is 14.3 Å². The van der Waals surface area contributed by atoms with Crippen molar-refractivity contribution in [2.24, 2.45) is 5.92 Å². The Hall–Kier alpha value is -0.993. The fourth-order valence-electron chi connectivity index (χ4n) is 2.05. The largest absolute Gasteiger partial charge is 0.543 e. The van der Waals surface area contributed by atoms with Crippen LogP contribution in [0.25, 0.3) is 0 Å². The number of ether oxygens (including phenoxy) is 1. The lowest BCUT2D eigenvalue weighted by atomic mass is 10.00. The highest BCUT2D eigenvalue weighted by atomic mass is 28.4. The molecule has 4 heteroatoms. The van der Waals surface area contributed by atoms with Crippen LogP contribution in [-0.4, -0.2) is 21.4 Å². The highest BCUT2D eigenvalue weighted by Gasteiger charge is 2.38. The predicted octanol–water partition coefficient (Wildman–Crippen LogP) is 4.41. The number of hydrogen-bond acceptors (Lipinski definition) is 3. The van der Waals surface area contributed by atoms with Crippen LogP contribution in [0.4, 0.5) is 0 Å². The summed E-state index contributed by atoms with van der Waals surface area (Å²) in [7, 11) is -0.319. The van der Waals surface area contributed by atoms with Crippen LogP contribution in [0.1, 0.15) is 46.5 Å². The van der Waals surface area contributed by atoms with Crippen LogP contribution < -0.4 is 0 Å². The third-order valence-corrected chi connectivity index (χ3v) is 8.86. The SMILES string of the molecule is COC(=O)CC1CCCC1=C=CO[Si](C)(C)C(C)(C)C. The molecule has 3 nitrogen and oxygen atoms in total. The topological polar surface area (TPSA) is 35.5 Å². The zero-order chi connectivity index (χ0) is 15.4. The quantitative estimate of drug-likeness (QED) is 0.333. The lowest BCUT2D eigenvalue weighted by Gasteiger charge is -2.34. The first-order valence-corrected chi connectivity index (χ1v) is 10.3. The smallest absolute Gasteiger partial charge is 0.306 e. The molecule has 0 aromatic heterocycles. The second-order valence-electron chi connectivity index (χ2n) is 7.03. The lowest BCUT2D eigenvalue weighted by Crippen LogP contribution is -2.39. The molecule has 1 saturated carbocycles. The highest BCUT2D eigenvalue weighted by molar-refractivity contribution is 6.74. The number of allylic oxidation sites excluding steroid dienone is 1. The minimum atomic E-state index is -1.76. The second kappa shape index (κ2) is 6.64. The molecular formula is C16H28O3Si. The van der Waals surface area contributed by atoms with Crippen molar-refractivity contribution in [1.82, 2.24) is 0 Å². The van der Waals surface area contributed by atoms with Crippen molar-refractivity contribution in [3.63, 3.8) is 0 Å². The van der Waals surface area contributed by atoms with Gasteiger partial charge in [0.2, 0.25) is 0 Å². The minimum absolute atomic E-state index is 0.137. The summed E-state index contributed by atoms with van der Waals surface area (Å²) in [6.07, 6.45) is 5.39. The van der Waals surface area contributed by atoms with E-state index in [0.29, 0.717) is 6.42 Å². The van der Waals surface area contributed by atoms with Gasteiger partial charge in [-0.15, -0.1) is 0 Å². The van der Waals surface area contributed by atoms with E-state index in [2.05, 4.69) is 39.6 Å². The summed E-state index contributed by atoms with van der Waals surface area (Å²) >= 11 is 0. The predicted molar refractivity (Wildman–Crippen MR) is 83.9 cm³/mol. The van der Waals surface area contributed by atoms with Crippen LogP contribution in [0.3, 0.4) is 0 Å². The molecule has 1 aliphatic rings. The summed E-state index contributed by atoms with van der Waals surface area (Å²) in [4.78, 5) is 11.4. The fraction of sp³-hybridized carbons (Fsp3) is 0.750. The van der Waals surface area contributed by atoms with Crippen molar-refractivity contribution in [2.75, 3.05) is 7.11 Å². The number of esters is 1. The van der Waals surface area contributed by atoms with Gasteiger partial charge < -0.3 is 9.16 Å². The van der Waals surface area contributed by atoms with Gasteiger partial charge in [0.15, 0.2) is 0 Å². The lowest BCUT2D eigenvalue weighted by molar-refractivity contribution is -0.141. The maximum absolute atomic E-state index is 11.4. The van der Waals surface area contributed by atoms with E-state index in [1.54, 1.807) is 6.26 Å². The van der Waals surface area contributed by atoms with Gasteiger partial charge in [-0.1, -0.05) is 26.5 Å². The number of hydrogen-bond donors (Lipinski definition) is 0. The molecule has 114 valence electrons. The van der Waals surface area contributed by atoms with Gasteiger partial charge in [-0.3, -0.25) is 4.79 Å². The van der Waals surface area contributed by atoms with Crippen molar-refractivity contribution < 1.29 is 14.0 Å². The Morgan fingerprint density at radius 1 is 1.45 bits per heavy atom. The van der Waals surface area contributed by atoms with Crippen LogP contribution in [0.5, 0.6) is 0 Å². The average molecular weight is 296 g/mol. The Bertz CT molecular complexity index is 412. The third kappa shape index (κ3) is 4.53. The summed E-state index contributed by atoms with van der Waals surface area (Å²) in [6, 6.07) is 0. The van der Waals surface area contributed by atoms with E-state index in [1.807, 2.05) is 0 Å². The standard InChI is InChI=1S/C16H28O3Si/c1-16(2,3)20(5,6)19-11-10-13-8-7-9-14(13)12-15(17)18-4/h11,14H,7-9,12H2,1-6H3. The molecular weight excluding hydrogens is 268 g/mol. The van der Waals surface area contributed by atoms with Gasteiger partial charge in [-0.25, -0.2) is 0 Å². The molecule has 0 aliphatic heterocycles. The van der Waals surface area contributed by atoms with E-state index in [0.717, 1.165) is 19.3 Å². The zero-order valence-electron chi connectivity index (χ0n) is 13.7. The molecule has 0 amide bonds. The molecule has 0 spiro atoms. The summed E-state index contributed by atoms with van der Waals surface area (Å²) < 4.78 is 10.8. The molecule has 0 bridgehead atoms. The Labute approximate surface area is 124 Å². The fourth-order valence-corrected chi connectivity index (χ4v) is 2.75. The number of carbonyl (C=O) groups excluding carboxylic acids is 1. The van der Waals surface area contributed by atoms with Gasteiger partial charge >= 0.3 is 5.97 Å². The van der Waals surface area contributed by atoms with Crippen LogP contribution in [0.2, 0.25) is 18.1 Å². The van der Waals surface area contributed by atoms with E-state index < -0.39 is 8.32 Å². The highest BCUT2D eigenvalue weighted by Crippen LogP contribution is 2.37. The zero-order valence-corrected chi connectivity index (χ0v) is 14.7. The minimum Gasteiger partial charge on any atom is -0.543 e. The van der Waals surface area contributed by atoms with Gasteiger partial charge in [0, 0.05) is 0 Å².